The summed E-state index contributed by atoms with van der Waals surface area (Å²) in [6.45, 7) is 0. The molecular formula is C9H10N4OS. The first kappa shape index (κ1) is 9.85. The molecule has 0 atom stereocenters. The van der Waals surface area contributed by atoms with E-state index in [2.05, 4.69) is 15.0 Å². The lowest BCUT2D eigenvalue weighted by atomic mass is 10.4. The number of hydrogen-bond donors (Lipinski definition) is 1. The predicted octanol–water partition coefficient (Wildman–Crippen LogP) is 1.21. The van der Waals surface area contributed by atoms with Gasteiger partial charge in [-0.2, -0.15) is 0 Å². The van der Waals surface area contributed by atoms with E-state index < -0.39 is 0 Å². The predicted molar refractivity (Wildman–Crippen MR) is 62.1 cm³/mol. The van der Waals surface area contributed by atoms with Crippen molar-refractivity contribution >= 4 is 34.5 Å². The van der Waals surface area contributed by atoms with Crippen molar-refractivity contribution in [2.75, 3.05) is 14.1 Å². The molecule has 1 N–H and O–H groups in total. The van der Waals surface area contributed by atoms with Gasteiger partial charge in [0.2, 0.25) is 5.95 Å². The molecule has 78 valence electrons. The summed E-state index contributed by atoms with van der Waals surface area (Å²) in [6.07, 6.45) is 1.59. The Morgan fingerprint density at radius 3 is 3.07 bits per heavy atom. The Hall–Kier alpha value is -1.69. The van der Waals surface area contributed by atoms with Crippen LogP contribution in [0.15, 0.2) is 20.5 Å². The van der Waals surface area contributed by atoms with Crippen molar-refractivity contribution in [3.8, 4) is 0 Å². The Labute approximate surface area is 90.1 Å². The summed E-state index contributed by atoms with van der Waals surface area (Å²) in [4.78, 5) is 24.1. The van der Waals surface area contributed by atoms with Gasteiger partial charge in [0.05, 0.1) is 17.2 Å². The van der Waals surface area contributed by atoms with Gasteiger partial charge in [0.15, 0.2) is 0 Å². The van der Waals surface area contributed by atoms with E-state index in [1.54, 1.807) is 16.6 Å². The number of aromatic nitrogens is 2. The average Bonchev–Trinajstić information content (AvgIpc) is 2.63. The molecule has 0 radical (unpaired) electrons. The number of H-pyrrole nitrogens is 1. The highest BCUT2D eigenvalue weighted by atomic mass is 32.1. The fourth-order valence-electron chi connectivity index (χ4n) is 1.09. The summed E-state index contributed by atoms with van der Waals surface area (Å²) in [5, 5.41) is 4.23. The van der Waals surface area contributed by atoms with Gasteiger partial charge in [0.1, 0.15) is 0 Å². The Bertz CT molecular complexity index is 554. The van der Waals surface area contributed by atoms with Crippen LogP contribution in [0.5, 0.6) is 0 Å². The molecule has 2 heterocycles. The molecule has 0 saturated heterocycles. The minimum Gasteiger partial charge on any atom is -0.369 e. The van der Waals surface area contributed by atoms with E-state index in [0.29, 0.717) is 16.9 Å². The van der Waals surface area contributed by atoms with Crippen LogP contribution < -0.4 is 5.56 Å². The quantitative estimate of drug-likeness (QED) is 0.613. The molecule has 0 saturated carbocycles. The van der Waals surface area contributed by atoms with Crippen molar-refractivity contribution < 1.29 is 0 Å². The molecule has 0 aromatic carbocycles. The number of nitrogens with one attached hydrogen (secondary N) is 1. The summed E-state index contributed by atoms with van der Waals surface area (Å²) in [5.41, 5.74) is 0.543. The second-order valence-electron chi connectivity index (χ2n) is 3.27. The SMILES string of the molecule is CN(C)/C=N/c1nc2cscc2c(=O)[nH]1. The zero-order chi connectivity index (χ0) is 10.8. The second kappa shape index (κ2) is 3.82. The molecule has 0 spiro atoms. The monoisotopic (exact) mass is 222 g/mol. The zero-order valence-corrected chi connectivity index (χ0v) is 9.21. The van der Waals surface area contributed by atoms with Crippen LogP contribution in [0.3, 0.4) is 0 Å². The Morgan fingerprint density at radius 1 is 1.53 bits per heavy atom. The third kappa shape index (κ3) is 2.04. The molecule has 0 aliphatic rings. The maximum atomic E-state index is 11.5. The largest absolute Gasteiger partial charge is 0.369 e. The average molecular weight is 222 g/mol. The molecule has 6 heteroatoms. The topological polar surface area (TPSA) is 61.4 Å². The summed E-state index contributed by atoms with van der Waals surface area (Å²) in [5.74, 6) is 0.333. The third-order valence-electron chi connectivity index (χ3n) is 1.75. The molecule has 0 amide bonds. The Morgan fingerprint density at radius 2 is 2.33 bits per heavy atom. The van der Waals surface area contributed by atoms with Gasteiger partial charge >= 0.3 is 0 Å². The summed E-state index contributed by atoms with van der Waals surface area (Å²) < 4.78 is 0. The van der Waals surface area contributed by atoms with Crippen molar-refractivity contribution in [1.82, 2.24) is 14.9 Å². The van der Waals surface area contributed by atoms with Crippen molar-refractivity contribution in [2.24, 2.45) is 4.99 Å². The highest BCUT2D eigenvalue weighted by molar-refractivity contribution is 7.09. The van der Waals surface area contributed by atoms with Crippen molar-refractivity contribution in [3.05, 3.63) is 21.1 Å². The highest BCUT2D eigenvalue weighted by Crippen LogP contribution is 2.14. The van der Waals surface area contributed by atoms with Crippen molar-refractivity contribution in [2.45, 2.75) is 0 Å². The molecule has 0 fully saturated rings. The van der Waals surface area contributed by atoms with Gasteiger partial charge < -0.3 is 4.90 Å². The van der Waals surface area contributed by atoms with Crippen LogP contribution in [0, 0.1) is 0 Å². The maximum absolute atomic E-state index is 11.5. The van der Waals surface area contributed by atoms with Crippen LogP contribution in [0.2, 0.25) is 0 Å². The molecule has 0 unspecified atom stereocenters. The lowest BCUT2D eigenvalue weighted by Crippen LogP contribution is -2.09. The maximum Gasteiger partial charge on any atom is 0.261 e. The molecular weight excluding hydrogens is 212 g/mol. The highest BCUT2D eigenvalue weighted by Gasteiger charge is 2.02. The summed E-state index contributed by atoms with van der Waals surface area (Å²) in [7, 11) is 3.70. The van der Waals surface area contributed by atoms with E-state index in [1.165, 1.54) is 11.3 Å². The molecule has 15 heavy (non-hydrogen) atoms. The number of aromatic amines is 1. The van der Waals surface area contributed by atoms with Crippen molar-refractivity contribution in [1.29, 1.82) is 0 Å². The van der Waals surface area contributed by atoms with Gasteiger partial charge in [0, 0.05) is 24.9 Å². The Balaban J connectivity index is 2.50. The van der Waals surface area contributed by atoms with Gasteiger partial charge in [-0.25, -0.2) is 9.98 Å². The normalized spacial score (nSPS) is 11.3. The molecule has 5 nitrogen and oxygen atoms in total. The van der Waals surface area contributed by atoms with E-state index in [1.807, 2.05) is 19.5 Å². The van der Waals surface area contributed by atoms with Crippen LogP contribution in [0.25, 0.3) is 10.9 Å². The smallest absolute Gasteiger partial charge is 0.261 e. The Kier molecular flexibility index (Phi) is 2.51. The fraction of sp³-hybridized carbons (Fsp3) is 0.222. The lowest BCUT2D eigenvalue weighted by Gasteiger charge is -2.01. The standard InChI is InChI=1S/C9H10N4OS/c1-13(2)5-10-9-11-7-4-15-3-6(7)8(14)12-9/h3-5H,1-2H3,(H,11,12,14)/b10-5+. The third-order valence-corrected chi connectivity index (χ3v) is 2.48. The van der Waals surface area contributed by atoms with E-state index in [4.69, 9.17) is 0 Å². The number of thiophene rings is 1. The van der Waals surface area contributed by atoms with E-state index in [-0.39, 0.29) is 5.56 Å². The number of fused-ring (bicyclic) bond motifs is 1. The van der Waals surface area contributed by atoms with Crippen LogP contribution in [-0.4, -0.2) is 35.3 Å². The summed E-state index contributed by atoms with van der Waals surface area (Å²) in [6, 6.07) is 0. The molecule has 2 rings (SSSR count). The molecule has 0 aliphatic heterocycles. The van der Waals surface area contributed by atoms with Crippen molar-refractivity contribution in [3.63, 3.8) is 0 Å². The van der Waals surface area contributed by atoms with Crippen LogP contribution in [-0.2, 0) is 0 Å². The number of rotatable bonds is 2. The van der Waals surface area contributed by atoms with Gasteiger partial charge in [0.25, 0.3) is 5.56 Å². The minimum absolute atomic E-state index is 0.146. The minimum atomic E-state index is -0.146. The molecule has 0 aliphatic carbocycles. The van der Waals surface area contributed by atoms with E-state index >= 15 is 0 Å². The fourth-order valence-corrected chi connectivity index (χ4v) is 1.83. The van der Waals surface area contributed by atoms with Crippen LogP contribution in [0.1, 0.15) is 0 Å². The first-order valence-corrected chi connectivity index (χ1v) is 5.28. The zero-order valence-electron chi connectivity index (χ0n) is 8.39. The first-order chi connectivity index (χ1) is 7.16. The van der Waals surface area contributed by atoms with E-state index in [0.717, 1.165) is 0 Å². The second-order valence-corrected chi connectivity index (χ2v) is 4.01. The number of aliphatic imine (C=N–C) groups is 1. The van der Waals surface area contributed by atoms with Gasteiger partial charge in [-0.15, -0.1) is 11.3 Å². The lowest BCUT2D eigenvalue weighted by molar-refractivity contribution is 0.642. The van der Waals surface area contributed by atoms with Crippen LogP contribution >= 0.6 is 11.3 Å². The summed E-state index contributed by atoms with van der Waals surface area (Å²) >= 11 is 1.46. The van der Waals surface area contributed by atoms with Gasteiger partial charge in [-0.1, -0.05) is 0 Å². The first-order valence-electron chi connectivity index (χ1n) is 4.33. The molecule has 0 bridgehead atoms. The van der Waals surface area contributed by atoms with E-state index in [9.17, 15) is 4.79 Å². The molecule has 2 aromatic rings. The van der Waals surface area contributed by atoms with Crippen LogP contribution in [0.4, 0.5) is 5.95 Å². The van der Waals surface area contributed by atoms with Gasteiger partial charge in [-0.3, -0.25) is 9.78 Å². The number of hydrogen-bond acceptors (Lipinski definition) is 4. The number of nitrogens with zero attached hydrogens (tertiary/aromatic N) is 3. The van der Waals surface area contributed by atoms with Gasteiger partial charge in [-0.05, 0) is 0 Å². The molecule has 2 aromatic heterocycles.